The molecule has 2 rings (SSSR count). The highest BCUT2D eigenvalue weighted by molar-refractivity contribution is 7.18. The minimum atomic E-state index is -1.38. The topological polar surface area (TPSA) is 66.8 Å². The van der Waals surface area contributed by atoms with Crippen molar-refractivity contribution in [1.82, 2.24) is 0 Å². The number of rotatable bonds is 7. The van der Waals surface area contributed by atoms with E-state index in [0.29, 0.717) is 24.6 Å². The molecular weight excluding hydrogens is 338 g/mol. The lowest BCUT2D eigenvalue weighted by Crippen LogP contribution is -2.30. The average molecular weight is 361 g/mol. The second-order valence-corrected chi connectivity index (χ2v) is 7.10. The number of anilines is 1. The zero-order valence-corrected chi connectivity index (χ0v) is 15.5. The number of hydrogen-bond donors (Lipinski definition) is 1. The summed E-state index contributed by atoms with van der Waals surface area (Å²) in [5, 5.41) is 9.25. The molecule has 1 N–H and O–H groups in total. The number of carbonyl (C=O) groups excluding carboxylic acids is 1. The van der Waals surface area contributed by atoms with Crippen LogP contribution in [0.4, 0.5) is 10.5 Å². The fourth-order valence-electron chi connectivity index (χ4n) is 2.48. The summed E-state index contributed by atoms with van der Waals surface area (Å²) in [6.07, 6.45) is -0.164. The van der Waals surface area contributed by atoms with Gasteiger partial charge in [-0.3, -0.25) is 4.79 Å². The molecule has 25 heavy (non-hydrogen) atoms. The van der Waals surface area contributed by atoms with E-state index in [1.807, 2.05) is 43.3 Å². The molecule has 0 spiro atoms. The number of thiophene rings is 1. The fourth-order valence-corrected chi connectivity index (χ4v) is 3.49. The zero-order chi connectivity index (χ0) is 18.4. The van der Waals surface area contributed by atoms with Crippen molar-refractivity contribution in [3.05, 3.63) is 36.4 Å². The lowest BCUT2D eigenvalue weighted by atomic mass is 10.1. The molecule has 134 valence electrons. The maximum Gasteiger partial charge on any atom is 0.512 e. The number of carboxylic acid groups (broad SMARTS) is 1. The summed E-state index contributed by atoms with van der Waals surface area (Å²) in [7, 11) is 0. The molecule has 2 aromatic rings. The summed E-state index contributed by atoms with van der Waals surface area (Å²) < 4.78 is 4.95. The van der Waals surface area contributed by atoms with E-state index in [9.17, 15) is 9.59 Å². The molecule has 0 aliphatic heterocycles. The molecule has 1 heterocycles. The molecule has 0 aliphatic carbocycles. The number of ether oxygens (including phenoxy) is 1. The van der Waals surface area contributed by atoms with Crippen LogP contribution in [0.3, 0.4) is 0 Å². The Morgan fingerprint density at radius 1 is 1.24 bits per heavy atom. The molecule has 0 bridgehead atoms. The van der Waals surface area contributed by atoms with E-state index in [4.69, 9.17) is 9.84 Å². The van der Waals surface area contributed by atoms with Crippen LogP contribution in [0, 0.1) is 5.92 Å². The van der Waals surface area contributed by atoms with E-state index in [1.54, 1.807) is 4.90 Å². The molecule has 6 heteroatoms. The summed E-state index contributed by atoms with van der Waals surface area (Å²) in [6.45, 7) is 6.47. The van der Waals surface area contributed by atoms with Crippen LogP contribution < -0.4 is 9.64 Å². The monoisotopic (exact) mass is 361 g/mol. The Bertz CT molecular complexity index is 724. The maximum absolute atomic E-state index is 12.6. The smallest absolute Gasteiger partial charge is 0.449 e. The van der Waals surface area contributed by atoms with Gasteiger partial charge in [0.2, 0.25) is 11.0 Å². The number of benzene rings is 1. The molecule has 0 radical (unpaired) electrons. The average Bonchev–Trinajstić information content (AvgIpc) is 2.97. The Morgan fingerprint density at radius 2 is 1.92 bits per heavy atom. The first-order valence-electron chi connectivity index (χ1n) is 8.32. The van der Waals surface area contributed by atoms with Crippen LogP contribution in [0.15, 0.2) is 36.4 Å². The SMILES string of the molecule is CCN(C(=O)CCC(C)C)c1cc(-c2ccccc2)sc1OC(=O)O. The van der Waals surface area contributed by atoms with Gasteiger partial charge in [-0.2, -0.15) is 0 Å². The van der Waals surface area contributed by atoms with E-state index in [-0.39, 0.29) is 11.0 Å². The second-order valence-electron chi connectivity index (χ2n) is 6.09. The van der Waals surface area contributed by atoms with E-state index in [0.717, 1.165) is 16.9 Å². The van der Waals surface area contributed by atoms with Gasteiger partial charge in [-0.25, -0.2) is 4.79 Å². The third-order valence-corrected chi connectivity index (χ3v) is 4.81. The third-order valence-electron chi connectivity index (χ3n) is 3.76. The van der Waals surface area contributed by atoms with E-state index in [2.05, 4.69) is 13.8 Å². The van der Waals surface area contributed by atoms with Crippen LogP contribution >= 0.6 is 11.3 Å². The Balaban J connectivity index is 2.37. The summed E-state index contributed by atoms with van der Waals surface area (Å²) in [5.74, 6) is 0.406. The summed E-state index contributed by atoms with van der Waals surface area (Å²) in [6, 6.07) is 11.5. The third kappa shape index (κ3) is 5.06. The van der Waals surface area contributed by atoms with Gasteiger partial charge in [-0.05, 0) is 30.9 Å². The molecular formula is C19H23NO4S. The quantitative estimate of drug-likeness (QED) is 0.683. The van der Waals surface area contributed by atoms with Crippen molar-refractivity contribution in [2.45, 2.75) is 33.6 Å². The van der Waals surface area contributed by atoms with Crippen molar-refractivity contribution in [3.63, 3.8) is 0 Å². The largest absolute Gasteiger partial charge is 0.512 e. The minimum Gasteiger partial charge on any atom is -0.449 e. The highest BCUT2D eigenvalue weighted by atomic mass is 32.1. The van der Waals surface area contributed by atoms with Crippen LogP contribution in [0.5, 0.6) is 5.06 Å². The van der Waals surface area contributed by atoms with Crippen LogP contribution in [0.25, 0.3) is 10.4 Å². The Morgan fingerprint density at radius 3 is 2.48 bits per heavy atom. The molecule has 0 unspecified atom stereocenters. The Kier molecular flexibility index (Phi) is 6.58. The van der Waals surface area contributed by atoms with Crippen LogP contribution in [-0.2, 0) is 4.79 Å². The van der Waals surface area contributed by atoms with Gasteiger partial charge in [0.25, 0.3) is 0 Å². The van der Waals surface area contributed by atoms with E-state index in [1.165, 1.54) is 11.3 Å². The molecule has 5 nitrogen and oxygen atoms in total. The predicted octanol–water partition coefficient (Wildman–Crippen LogP) is 5.26. The Hall–Kier alpha value is -2.34. The molecule has 0 aliphatic rings. The van der Waals surface area contributed by atoms with Gasteiger partial charge >= 0.3 is 6.16 Å². The van der Waals surface area contributed by atoms with Gasteiger partial charge in [0, 0.05) is 17.8 Å². The van der Waals surface area contributed by atoms with Crippen molar-refractivity contribution in [2.24, 2.45) is 5.92 Å². The lowest BCUT2D eigenvalue weighted by Gasteiger charge is -2.21. The molecule has 1 aromatic heterocycles. The highest BCUT2D eigenvalue weighted by Crippen LogP contribution is 2.43. The zero-order valence-electron chi connectivity index (χ0n) is 14.7. The van der Waals surface area contributed by atoms with Gasteiger partial charge in [0.15, 0.2) is 0 Å². The predicted molar refractivity (Wildman–Crippen MR) is 101 cm³/mol. The number of nitrogens with zero attached hydrogens (tertiary/aromatic N) is 1. The highest BCUT2D eigenvalue weighted by Gasteiger charge is 2.23. The molecule has 1 aromatic carbocycles. The standard InChI is InChI=1S/C19H23NO4S/c1-4-20(17(21)11-10-13(2)3)15-12-16(14-8-6-5-7-9-14)25-18(15)24-19(22)23/h5-9,12-13H,4,10-11H2,1-3H3,(H,22,23). The minimum absolute atomic E-state index is 0.0242. The van der Waals surface area contributed by atoms with Gasteiger partial charge in [0.1, 0.15) is 0 Å². The van der Waals surface area contributed by atoms with Gasteiger partial charge in [-0.1, -0.05) is 55.5 Å². The van der Waals surface area contributed by atoms with Crippen molar-refractivity contribution < 1.29 is 19.4 Å². The summed E-state index contributed by atoms with van der Waals surface area (Å²) >= 11 is 1.23. The van der Waals surface area contributed by atoms with Gasteiger partial charge in [0.05, 0.1) is 5.69 Å². The molecule has 0 saturated carbocycles. The van der Waals surface area contributed by atoms with Gasteiger partial charge < -0.3 is 14.7 Å². The van der Waals surface area contributed by atoms with Crippen LogP contribution in [0.2, 0.25) is 0 Å². The first-order valence-corrected chi connectivity index (χ1v) is 9.14. The Labute approximate surface area is 151 Å². The van der Waals surface area contributed by atoms with Crippen molar-refractivity contribution in [2.75, 3.05) is 11.4 Å². The van der Waals surface area contributed by atoms with E-state index < -0.39 is 6.16 Å². The first kappa shape index (κ1) is 19.0. The van der Waals surface area contributed by atoms with Crippen molar-refractivity contribution in [1.29, 1.82) is 0 Å². The number of carbonyl (C=O) groups is 2. The summed E-state index contributed by atoms with van der Waals surface area (Å²) in [5.41, 5.74) is 1.47. The molecule has 1 amide bonds. The van der Waals surface area contributed by atoms with E-state index >= 15 is 0 Å². The molecule has 0 atom stereocenters. The van der Waals surface area contributed by atoms with Crippen LogP contribution in [0.1, 0.15) is 33.6 Å². The fraction of sp³-hybridized carbons (Fsp3) is 0.368. The molecule has 0 fully saturated rings. The maximum atomic E-state index is 12.6. The van der Waals surface area contributed by atoms with Crippen LogP contribution in [-0.4, -0.2) is 23.7 Å². The lowest BCUT2D eigenvalue weighted by molar-refractivity contribution is -0.118. The van der Waals surface area contributed by atoms with Crippen molar-refractivity contribution >= 4 is 29.1 Å². The number of amides is 1. The van der Waals surface area contributed by atoms with Gasteiger partial charge in [-0.15, -0.1) is 0 Å². The first-order chi connectivity index (χ1) is 11.9. The summed E-state index contributed by atoms with van der Waals surface area (Å²) in [4.78, 5) is 26.1. The second kappa shape index (κ2) is 8.67. The van der Waals surface area contributed by atoms with Crippen molar-refractivity contribution in [3.8, 4) is 15.5 Å². The normalized spacial score (nSPS) is 10.7. The molecule has 0 saturated heterocycles. The number of hydrogen-bond acceptors (Lipinski definition) is 4.